The summed E-state index contributed by atoms with van der Waals surface area (Å²) < 4.78 is 0. The Morgan fingerprint density at radius 1 is 1.19 bits per heavy atom. The van der Waals surface area contributed by atoms with Gasteiger partial charge in [0.05, 0.1) is 17.4 Å². The largest absolute Gasteiger partial charge is 0.344 e. The van der Waals surface area contributed by atoms with Crippen LogP contribution < -0.4 is 5.32 Å². The van der Waals surface area contributed by atoms with E-state index in [2.05, 4.69) is 66.4 Å². The predicted octanol–water partition coefficient (Wildman–Crippen LogP) is 6.25. The second-order valence-corrected chi connectivity index (χ2v) is 9.07. The van der Waals surface area contributed by atoms with E-state index in [4.69, 9.17) is 11.6 Å². The Kier molecular flexibility index (Phi) is 5.00. The van der Waals surface area contributed by atoms with Crippen molar-refractivity contribution in [3.63, 3.8) is 0 Å². The topological polar surface area (TPSA) is 40.7 Å². The van der Waals surface area contributed by atoms with Gasteiger partial charge in [-0.1, -0.05) is 43.6 Å². The molecule has 0 bridgehead atoms. The van der Waals surface area contributed by atoms with Crippen LogP contribution in [0.1, 0.15) is 50.7 Å². The van der Waals surface area contributed by atoms with Gasteiger partial charge in [0.1, 0.15) is 0 Å². The van der Waals surface area contributed by atoms with E-state index in [1.807, 2.05) is 0 Å². The number of benzene rings is 2. The SMILES string of the molecule is Cc1c(-c2ccc(CNC3CCC(C)(C)CC3)c(Cl)c2)ccc2nc[nH]c12. The highest BCUT2D eigenvalue weighted by Gasteiger charge is 2.26. The van der Waals surface area contributed by atoms with Crippen molar-refractivity contribution < 1.29 is 0 Å². The monoisotopic (exact) mass is 381 g/mol. The summed E-state index contributed by atoms with van der Waals surface area (Å²) in [7, 11) is 0. The van der Waals surface area contributed by atoms with Crippen molar-refractivity contribution >= 4 is 22.6 Å². The van der Waals surface area contributed by atoms with Crippen molar-refractivity contribution in [2.45, 2.75) is 59.0 Å². The van der Waals surface area contributed by atoms with Gasteiger partial charge in [0.15, 0.2) is 0 Å². The molecule has 1 aromatic heterocycles. The lowest BCUT2D eigenvalue weighted by Gasteiger charge is -2.34. The first-order valence-corrected chi connectivity index (χ1v) is 10.3. The van der Waals surface area contributed by atoms with Gasteiger partial charge in [0.25, 0.3) is 0 Å². The second kappa shape index (κ2) is 7.29. The fraction of sp³-hybridized carbons (Fsp3) is 0.435. The lowest BCUT2D eigenvalue weighted by Crippen LogP contribution is -2.35. The molecule has 142 valence electrons. The molecule has 3 aromatic rings. The normalized spacial score (nSPS) is 17.5. The molecule has 4 heteroatoms. The zero-order valence-corrected chi connectivity index (χ0v) is 17.2. The highest BCUT2D eigenvalue weighted by atomic mass is 35.5. The number of aryl methyl sites for hydroxylation is 1. The van der Waals surface area contributed by atoms with E-state index in [-0.39, 0.29) is 0 Å². The van der Waals surface area contributed by atoms with E-state index in [1.165, 1.54) is 42.4 Å². The van der Waals surface area contributed by atoms with Gasteiger partial charge >= 0.3 is 0 Å². The summed E-state index contributed by atoms with van der Waals surface area (Å²) in [4.78, 5) is 7.57. The van der Waals surface area contributed by atoms with Crippen LogP contribution in [0.4, 0.5) is 0 Å². The molecule has 2 aromatic carbocycles. The van der Waals surface area contributed by atoms with Gasteiger partial charge in [0.2, 0.25) is 0 Å². The average Bonchev–Trinajstić information content (AvgIpc) is 3.12. The molecule has 27 heavy (non-hydrogen) atoms. The van der Waals surface area contributed by atoms with Crippen molar-refractivity contribution in [2.75, 3.05) is 0 Å². The van der Waals surface area contributed by atoms with Crippen molar-refractivity contribution in [1.82, 2.24) is 15.3 Å². The molecular formula is C23H28ClN3. The van der Waals surface area contributed by atoms with E-state index in [1.54, 1.807) is 6.33 Å². The van der Waals surface area contributed by atoms with Gasteiger partial charge in [-0.2, -0.15) is 0 Å². The second-order valence-electron chi connectivity index (χ2n) is 8.66. The Balaban J connectivity index is 1.48. The third-order valence-corrected chi connectivity index (χ3v) is 6.49. The third kappa shape index (κ3) is 3.90. The Morgan fingerprint density at radius 2 is 1.96 bits per heavy atom. The van der Waals surface area contributed by atoms with Crippen LogP contribution in [0.15, 0.2) is 36.7 Å². The number of hydrogen-bond acceptors (Lipinski definition) is 2. The van der Waals surface area contributed by atoms with E-state index in [0.717, 1.165) is 28.2 Å². The van der Waals surface area contributed by atoms with Gasteiger partial charge in [-0.3, -0.25) is 0 Å². The third-order valence-electron chi connectivity index (χ3n) is 6.14. The maximum Gasteiger partial charge on any atom is 0.0931 e. The number of nitrogens with one attached hydrogen (secondary N) is 2. The number of aromatic amines is 1. The maximum atomic E-state index is 6.63. The number of H-pyrrole nitrogens is 1. The Hall–Kier alpha value is -1.84. The molecule has 0 spiro atoms. The minimum atomic E-state index is 0.505. The molecule has 0 saturated heterocycles. The van der Waals surface area contributed by atoms with Gasteiger partial charge in [-0.15, -0.1) is 0 Å². The zero-order chi connectivity index (χ0) is 19.0. The maximum absolute atomic E-state index is 6.63. The fourth-order valence-corrected chi connectivity index (χ4v) is 4.43. The first-order chi connectivity index (χ1) is 12.9. The smallest absolute Gasteiger partial charge is 0.0931 e. The quantitative estimate of drug-likeness (QED) is 0.560. The zero-order valence-electron chi connectivity index (χ0n) is 16.4. The highest BCUT2D eigenvalue weighted by Crippen LogP contribution is 2.35. The molecule has 1 aliphatic rings. The van der Waals surface area contributed by atoms with Crippen molar-refractivity contribution in [3.05, 3.63) is 52.8 Å². The summed E-state index contributed by atoms with van der Waals surface area (Å²) >= 11 is 6.63. The van der Waals surface area contributed by atoms with E-state index < -0.39 is 0 Å². The van der Waals surface area contributed by atoms with Crippen LogP contribution in [0.3, 0.4) is 0 Å². The number of halogens is 1. The number of nitrogens with zero attached hydrogens (tertiary/aromatic N) is 1. The van der Waals surface area contributed by atoms with E-state index in [0.29, 0.717) is 11.5 Å². The molecule has 0 radical (unpaired) electrons. The minimum absolute atomic E-state index is 0.505. The Bertz CT molecular complexity index is 947. The standard InChI is InChI=1S/C23H28ClN3/c1-15-19(6-7-21-22(15)27-14-26-21)16-4-5-17(20(24)12-16)13-25-18-8-10-23(2,3)11-9-18/h4-7,12,14,18,25H,8-11,13H2,1-3H3,(H,26,27). The summed E-state index contributed by atoms with van der Waals surface area (Å²) in [5.41, 5.74) is 7.32. The van der Waals surface area contributed by atoms with Crippen LogP contribution in [0.5, 0.6) is 0 Å². The molecule has 1 fully saturated rings. The number of imidazole rings is 1. The van der Waals surface area contributed by atoms with Crippen LogP contribution in [0.25, 0.3) is 22.2 Å². The summed E-state index contributed by atoms with van der Waals surface area (Å²) in [6, 6.07) is 11.2. The molecule has 2 N–H and O–H groups in total. The molecule has 1 aliphatic carbocycles. The van der Waals surface area contributed by atoms with Crippen LogP contribution in [-0.4, -0.2) is 16.0 Å². The fourth-order valence-electron chi connectivity index (χ4n) is 4.18. The van der Waals surface area contributed by atoms with Gasteiger partial charge in [-0.25, -0.2) is 4.98 Å². The molecular weight excluding hydrogens is 354 g/mol. The number of rotatable bonds is 4. The Morgan fingerprint density at radius 3 is 2.70 bits per heavy atom. The molecule has 4 rings (SSSR count). The van der Waals surface area contributed by atoms with Gasteiger partial charge in [0, 0.05) is 17.6 Å². The molecule has 1 saturated carbocycles. The molecule has 1 heterocycles. The number of aromatic nitrogens is 2. The summed E-state index contributed by atoms with van der Waals surface area (Å²) in [5, 5.41) is 4.54. The molecule has 0 unspecified atom stereocenters. The van der Waals surface area contributed by atoms with Crippen molar-refractivity contribution in [3.8, 4) is 11.1 Å². The predicted molar refractivity (Wildman–Crippen MR) is 114 cm³/mol. The van der Waals surface area contributed by atoms with Gasteiger partial charge in [-0.05, 0) is 72.4 Å². The van der Waals surface area contributed by atoms with Crippen molar-refractivity contribution in [1.29, 1.82) is 0 Å². The van der Waals surface area contributed by atoms with Crippen molar-refractivity contribution in [2.24, 2.45) is 5.41 Å². The van der Waals surface area contributed by atoms with Gasteiger partial charge < -0.3 is 10.3 Å². The van der Waals surface area contributed by atoms with E-state index in [9.17, 15) is 0 Å². The highest BCUT2D eigenvalue weighted by molar-refractivity contribution is 6.31. The van der Waals surface area contributed by atoms with Crippen LogP contribution >= 0.6 is 11.6 Å². The lowest BCUT2D eigenvalue weighted by molar-refractivity contribution is 0.206. The van der Waals surface area contributed by atoms with Crippen LogP contribution in [0, 0.1) is 12.3 Å². The molecule has 3 nitrogen and oxygen atoms in total. The molecule has 0 atom stereocenters. The lowest BCUT2D eigenvalue weighted by atomic mass is 9.75. The average molecular weight is 382 g/mol. The summed E-state index contributed by atoms with van der Waals surface area (Å²) in [6.45, 7) is 7.72. The van der Waals surface area contributed by atoms with Crippen LogP contribution in [-0.2, 0) is 6.54 Å². The molecule has 0 aliphatic heterocycles. The van der Waals surface area contributed by atoms with Crippen LogP contribution in [0.2, 0.25) is 5.02 Å². The van der Waals surface area contributed by atoms with E-state index >= 15 is 0 Å². The minimum Gasteiger partial charge on any atom is -0.344 e. The number of fused-ring (bicyclic) bond motifs is 1. The number of hydrogen-bond donors (Lipinski definition) is 2. The first-order valence-electron chi connectivity index (χ1n) is 9.88. The molecule has 0 amide bonds. The summed E-state index contributed by atoms with van der Waals surface area (Å²) in [5.74, 6) is 0. The summed E-state index contributed by atoms with van der Waals surface area (Å²) in [6.07, 6.45) is 6.85. The Labute approximate surface area is 166 Å². The first kappa shape index (κ1) is 18.5.